The van der Waals surface area contributed by atoms with Gasteiger partial charge in [0, 0.05) is 10.2 Å². The molecule has 2 heterocycles. The van der Waals surface area contributed by atoms with E-state index in [1.807, 2.05) is 25.1 Å². The molecule has 0 saturated heterocycles. The number of aryl methyl sites for hydroxylation is 1. The molecule has 0 fully saturated rings. The Morgan fingerprint density at radius 1 is 1.30 bits per heavy atom. The maximum atomic E-state index is 5.37. The Kier molecular flexibility index (Phi) is 3.25. The van der Waals surface area contributed by atoms with Gasteiger partial charge in [0.15, 0.2) is 5.65 Å². The van der Waals surface area contributed by atoms with E-state index in [4.69, 9.17) is 5.84 Å². The van der Waals surface area contributed by atoms with Gasteiger partial charge in [0.05, 0.1) is 11.6 Å². The topological polar surface area (TPSA) is 105 Å². The van der Waals surface area contributed by atoms with Crippen LogP contribution in [0.1, 0.15) is 5.56 Å². The van der Waals surface area contributed by atoms with Crippen molar-refractivity contribution in [2.45, 2.75) is 6.92 Å². The molecule has 2 aromatic heterocycles. The quantitative estimate of drug-likeness (QED) is 0.433. The van der Waals surface area contributed by atoms with Gasteiger partial charge in [-0.15, -0.1) is 0 Å². The molecule has 3 aromatic rings. The first-order valence-corrected chi connectivity index (χ1v) is 6.67. The number of anilines is 3. The summed E-state index contributed by atoms with van der Waals surface area (Å²) in [6.07, 6.45) is 1.67. The van der Waals surface area contributed by atoms with Crippen molar-refractivity contribution in [2.75, 3.05) is 10.7 Å². The minimum absolute atomic E-state index is 0.315. The minimum atomic E-state index is 0.315. The van der Waals surface area contributed by atoms with Crippen molar-refractivity contribution >= 4 is 44.4 Å². The number of halogens is 1. The molecule has 0 spiro atoms. The van der Waals surface area contributed by atoms with Crippen LogP contribution in [-0.2, 0) is 0 Å². The molecule has 8 heteroatoms. The summed E-state index contributed by atoms with van der Waals surface area (Å²) in [4.78, 5) is 8.48. The fraction of sp³-hybridized carbons (Fsp3) is 0.0833. The number of aromatic amines is 1. The predicted molar refractivity (Wildman–Crippen MR) is 81.7 cm³/mol. The Morgan fingerprint density at radius 3 is 2.90 bits per heavy atom. The Balaban J connectivity index is 2.04. The summed E-state index contributed by atoms with van der Waals surface area (Å²) in [6, 6.07) is 5.98. The van der Waals surface area contributed by atoms with Crippen LogP contribution >= 0.6 is 15.9 Å². The molecule has 0 radical (unpaired) electrons. The third-order valence-electron chi connectivity index (χ3n) is 2.87. The van der Waals surface area contributed by atoms with Crippen LogP contribution < -0.4 is 16.6 Å². The van der Waals surface area contributed by atoms with Gasteiger partial charge in [0.2, 0.25) is 5.95 Å². The summed E-state index contributed by atoms with van der Waals surface area (Å²) in [5.74, 6) is 6.32. The maximum Gasteiger partial charge on any atom is 0.241 e. The Bertz CT molecular complexity index is 768. The number of nitrogens with zero attached hydrogens (tertiary/aromatic N) is 3. The molecule has 5 N–H and O–H groups in total. The molecule has 0 amide bonds. The number of rotatable bonds is 3. The third kappa shape index (κ3) is 2.30. The zero-order valence-corrected chi connectivity index (χ0v) is 12.2. The average Bonchev–Trinajstić information content (AvgIpc) is 2.91. The first-order chi connectivity index (χ1) is 9.67. The van der Waals surface area contributed by atoms with E-state index in [9.17, 15) is 0 Å². The number of H-pyrrole nitrogens is 1. The summed E-state index contributed by atoms with van der Waals surface area (Å²) < 4.78 is 1.03. The van der Waals surface area contributed by atoms with Gasteiger partial charge >= 0.3 is 0 Å². The number of nitrogens with one attached hydrogen (secondary N) is 3. The van der Waals surface area contributed by atoms with Crippen molar-refractivity contribution in [1.82, 2.24) is 20.2 Å². The van der Waals surface area contributed by atoms with Crippen molar-refractivity contribution in [2.24, 2.45) is 5.84 Å². The van der Waals surface area contributed by atoms with E-state index < -0.39 is 0 Å². The second-order valence-electron chi connectivity index (χ2n) is 4.26. The molecule has 0 unspecified atom stereocenters. The molecule has 0 aliphatic heterocycles. The highest BCUT2D eigenvalue weighted by atomic mass is 79.9. The largest absolute Gasteiger partial charge is 0.339 e. The first kappa shape index (κ1) is 12.8. The zero-order chi connectivity index (χ0) is 14.1. The fourth-order valence-corrected chi connectivity index (χ4v) is 2.18. The molecule has 0 aliphatic carbocycles. The van der Waals surface area contributed by atoms with Crippen molar-refractivity contribution in [1.29, 1.82) is 0 Å². The highest BCUT2D eigenvalue weighted by Gasteiger charge is 2.09. The maximum absolute atomic E-state index is 5.37. The molecule has 0 bridgehead atoms. The predicted octanol–water partition coefficient (Wildman–Crippen LogP) is 2.45. The molecule has 0 atom stereocenters. The van der Waals surface area contributed by atoms with Crippen molar-refractivity contribution in [3.63, 3.8) is 0 Å². The molecule has 0 saturated carbocycles. The van der Waals surface area contributed by atoms with Crippen LogP contribution in [0.25, 0.3) is 11.0 Å². The second-order valence-corrected chi connectivity index (χ2v) is 5.12. The minimum Gasteiger partial charge on any atom is -0.339 e. The van der Waals surface area contributed by atoms with Gasteiger partial charge in [0.25, 0.3) is 0 Å². The van der Waals surface area contributed by atoms with Gasteiger partial charge in [-0.2, -0.15) is 15.1 Å². The molecule has 3 rings (SSSR count). The summed E-state index contributed by atoms with van der Waals surface area (Å²) in [6.45, 7) is 2.03. The lowest BCUT2D eigenvalue weighted by Gasteiger charge is -2.09. The van der Waals surface area contributed by atoms with E-state index in [0.717, 1.165) is 21.1 Å². The normalized spacial score (nSPS) is 10.8. The molecular weight excluding hydrogens is 322 g/mol. The number of benzene rings is 1. The van der Waals surface area contributed by atoms with Gasteiger partial charge in [-0.1, -0.05) is 22.0 Å². The highest BCUT2D eigenvalue weighted by Crippen LogP contribution is 2.26. The van der Waals surface area contributed by atoms with E-state index in [1.165, 1.54) is 0 Å². The van der Waals surface area contributed by atoms with Crippen LogP contribution in [0.2, 0.25) is 0 Å². The van der Waals surface area contributed by atoms with Gasteiger partial charge < -0.3 is 5.32 Å². The number of nitrogen functional groups attached to an aromatic ring is 1. The summed E-state index contributed by atoms with van der Waals surface area (Å²) in [5, 5.41) is 10.8. The Labute approximate surface area is 123 Å². The zero-order valence-electron chi connectivity index (χ0n) is 10.6. The van der Waals surface area contributed by atoms with Crippen LogP contribution in [0.15, 0.2) is 28.9 Å². The summed E-state index contributed by atoms with van der Waals surface area (Å²) in [5.41, 5.74) is 5.12. The molecule has 1 aromatic carbocycles. The van der Waals surface area contributed by atoms with Crippen LogP contribution in [0.3, 0.4) is 0 Å². The van der Waals surface area contributed by atoms with Crippen LogP contribution in [0.5, 0.6) is 0 Å². The van der Waals surface area contributed by atoms with E-state index in [0.29, 0.717) is 17.4 Å². The fourth-order valence-electron chi connectivity index (χ4n) is 1.80. The second kappa shape index (κ2) is 5.06. The van der Waals surface area contributed by atoms with Crippen LogP contribution in [-0.4, -0.2) is 20.2 Å². The smallest absolute Gasteiger partial charge is 0.241 e. The Hall–Kier alpha value is -2.19. The van der Waals surface area contributed by atoms with Crippen LogP contribution in [0, 0.1) is 6.92 Å². The van der Waals surface area contributed by atoms with Gasteiger partial charge in [-0.25, -0.2) is 5.84 Å². The van der Waals surface area contributed by atoms with Crippen molar-refractivity contribution < 1.29 is 0 Å². The monoisotopic (exact) mass is 333 g/mol. The third-order valence-corrected chi connectivity index (χ3v) is 3.73. The lowest BCUT2D eigenvalue weighted by molar-refractivity contribution is 1.08. The van der Waals surface area contributed by atoms with Crippen molar-refractivity contribution in [3.8, 4) is 0 Å². The molecule has 20 heavy (non-hydrogen) atoms. The van der Waals surface area contributed by atoms with E-state index >= 15 is 0 Å². The van der Waals surface area contributed by atoms with Gasteiger partial charge in [-0.05, 0) is 24.6 Å². The molecule has 0 aliphatic rings. The Morgan fingerprint density at radius 2 is 2.15 bits per heavy atom. The number of hydrazine groups is 1. The molecule has 102 valence electrons. The van der Waals surface area contributed by atoms with Gasteiger partial charge in [0.1, 0.15) is 5.82 Å². The summed E-state index contributed by atoms with van der Waals surface area (Å²) >= 11 is 3.51. The standard InChI is InChI=1S/C12H12BrN7/c1-6-2-3-7(4-9(6)13)16-10-8-5-15-20-11(8)18-12(17-10)19-14/h2-5H,14H2,1H3,(H3,15,16,17,18,19,20). The summed E-state index contributed by atoms with van der Waals surface area (Å²) in [7, 11) is 0. The van der Waals surface area contributed by atoms with E-state index in [2.05, 4.69) is 46.8 Å². The van der Waals surface area contributed by atoms with Crippen molar-refractivity contribution in [3.05, 3.63) is 34.4 Å². The molecular formula is C12H12BrN7. The first-order valence-electron chi connectivity index (χ1n) is 5.88. The highest BCUT2D eigenvalue weighted by molar-refractivity contribution is 9.10. The number of fused-ring (bicyclic) bond motifs is 1. The van der Waals surface area contributed by atoms with Gasteiger partial charge in [-0.3, -0.25) is 10.5 Å². The van der Waals surface area contributed by atoms with E-state index in [1.54, 1.807) is 6.20 Å². The SMILES string of the molecule is Cc1ccc(Nc2nc(NN)nc3[nH]ncc23)cc1Br. The van der Waals surface area contributed by atoms with Crippen LogP contribution in [0.4, 0.5) is 17.5 Å². The van der Waals surface area contributed by atoms with E-state index in [-0.39, 0.29) is 0 Å². The lowest BCUT2D eigenvalue weighted by atomic mass is 10.2. The number of aromatic nitrogens is 4. The average molecular weight is 334 g/mol. The number of nitrogens with two attached hydrogens (primary N) is 1. The number of hydrogen-bond donors (Lipinski definition) is 4. The number of hydrogen-bond acceptors (Lipinski definition) is 6. The lowest BCUT2D eigenvalue weighted by Crippen LogP contribution is -2.11. The molecule has 7 nitrogen and oxygen atoms in total.